The van der Waals surface area contributed by atoms with Gasteiger partial charge in [0, 0.05) is 25.9 Å². The Morgan fingerprint density at radius 1 is 1.20 bits per heavy atom. The Morgan fingerprint density at radius 3 is 2.20 bits per heavy atom. The first kappa shape index (κ1) is 13.9. The summed E-state index contributed by atoms with van der Waals surface area (Å²) in [7, 11) is 0. The molecule has 0 aromatic rings. The summed E-state index contributed by atoms with van der Waals surface area (Å²) in [6.07, 6.45) is 4.88. The standard InChI is InChI=1S/C16H25NO3/c1-15(2,3)20-14(19)17-9-11-5-4-6-12(10-17)16(11)7-13(18)8-16/h11-12H,4-10H2,1-3H3. The van der Waals surface area contributed by atoms with Gasteiger partial charge in [-0.15, -0.1) is 0 Å². The van der Waals surface area contributed by atoms with E-state index in [1.807, 2.05) is 25.7 Å². The quantitative estimate of drug-likeness (QED) is 0.685. The van der Waals surface area contributed by atoms with E-state index in [9.17, 15) is 9.59 Å². The molecule has 0 aromatic heterocycles. The molecule has 0 N–H and O–H groups in total. The van der Waals surface area contributed by atoms with E-state index in [0.29, 0.717) is 17.6 Å². The molecule has 1 saturated heterocycles. The van der Waals surface area contributed by atoms with Crippen molar-refractivity contribution in [3.63, 3.8) is 0 Å². The molecule has 1 amide bonds. The van der Waals surface area contributed by atoms with Gasteiger partial charge >= 0.3 is 6.09 Å². The maximum Gasteiger partial charge on any atom is 0.410 e. The predicted octanol–water partition coefficient (Wildman–Crippen LogP) is 3.00. The van der Waals surface area contributed by atoms with Gasteiger partial charge in [0.25, 0.3) is 0 Å². The van der Waals surface area contributed by atoms with Gasteiger partial charge in [-0.1, -0.05) is 6.42 Å². The number of rotatable bonds is 0. The molecule has 112 valence electrons. The van der Waals surface area contributed by atoms with Crippen molar-refractivity contribution in [1.29, 1.82) is 0 Å². The average Bonchev–Trinajstić information content (AvgIpc) is 2.23. The number of ketones is 1. The summed E-state index contributed by atoms with van der Waals surface area (Å²) in [4.78, 5) is 25.6. The van der Waals surface area contributed by atoms with Gasteiger partial charge in [0.1, 0.15) is 11.4 Å². The summed E-state index contributed by atoms with van der Waals surface area (Å²) >= 11 is 0. The Balaban J connectivity index is 1.71. The maximum absolute atomic E-state index is 12.3. The number of Topliss-reactive ketones (excluding diaryl/α,β-unsaturated/α-hetero) is 1. The number of piperidine rings is 1. The zero-order valence-corrected chi connectivity index (χ0v) is 12.8. The van der Waals surface area contributed by atoms with Crippen molar-refractivity contribution in [3.8, 4) is 0 Å². The molecule has 2 saturated carbocycles. The third-order valence-corrected chi connectivity index (χ3v) is 5.32. The van der Waals surface area contributed by atoms with Gasteiger partial charge in [-0.3, -0.25) is 4.79 Å². The molecule has 2 unspecified atom stereocenters. The largest absolute Gasteiger partial charge is 0.444 e. The van der Waals surface area contributed by atoms with Crippen LogP contribution in [0.5, 0.6) is 0 Å². The second-order valence-electron chi connectivity index (χ2n) is 7.84. The minimum Gasteiger partial charge on any atom is -0.444 e. The number of likely N-dealkylation sites (tertiary alicyclic amines) is 1. The number of hydrogen-bond acceptors (Lipinski definition) is 3. The molecule has 4 nitrogen and oxygen atoms in total. The molecule has 2 bridgehead atoms. The SMILES string of the molecule is CC(C)(C)OC(=O)N1CC2CCCC(C1)C21CC(=O)C1. The molecule has 3 rings (SSSR count). The highest BCUT2D eigenvalue weighted by Gasteiger charge is 2.58. The highest BCUT2D eigenvalue weighted by molar-refractivity contribution is 5.86. The van der Waals surface area contributed by atoms with Crippen molar-refractivity contribution in [1.82, 2.24) is 4.90 Å². The van der Waals surface area contributed by atoms with Crippen LogP contribution in [0.25, 0.3) is 0 Å². The fraction of sp³-hybridized carbons (Fsp3) is 0.875. The number of nitrogens with zero attached hydrogens (tertiary/aromatic N) is 1. The van der Waals surface area contributed by atoms with Crippen molar-refractivity contribution < 1.29 is 14.3 Å². The van der Waals surface area contributed by atoms with Crippen LogP contribution in [0.3, 0.4) is 0 Å². The zero-order chi connectivity index (χ0) is 14.5. The lowest BCUT2D eigenvalue weighted by Gasteiger charge is -2.59. The van der Waals surface area contributed by atoms with E-state index in [4.69, 9.17) is 4.74 Å². The van der Waals surface area contributed by atoms with Crippen molar-refractivity contribution >= 4 is 11.9 Å². The molecular weight excluding hydrogens is 254 g/mol. The zero-order valence-electron chi connectivity index (χ0n) is 12.8. The molecule has 20 heavy (non-hydrogen) atoms. The second kappa shape index (κ2) is 4.47. The Hall–Kier alpha value is -1.06. The van der Waals surface area contributed by atoms with E-state index in [1.165, 1.54) is 6.42 Å². The molecular formula is C16H25NO3. The van der Waals surface area contributed by atoms with Gasteiger partial charge in [0.05, 0.1) is 0 Å². The van der Waals surface area contributed by atoms with E-state index in [1.54, 1.807) is 0 Å². The summed E-state index contributed by atoms with van der Waals surface area (Å²) in [5, 5.41) is 0. The first-order valence-corrected chi connectivity index (χ1v) is 7.80. The summed E-state index contributed by atoms with van der Waals surface area (Å²) in [6, 6.07) is 0. The predicted molar refractivity (Wildman–Crippen MR) is 75.3 cm³/mol. The van der Waals surface area contributed by atoms with Crippen LogP contribution >= 0.6 is 0 Å². The first-order chi connectivity index (χ1) is 9.30. The van der Waals surface area contributed by atoms with Crippen molar-refractivity contribution in [2.45, 2.75) is 58.5 Å². The fourth-order valence-corrected chi connectivity index (χ4v) is 4.41. The Morgan fingerprint density at radius 2 is 1.75 bits per heavy atom. The smallest absolute Gasteiger partial charge is 0.410 e. The molecule has 3 aliphatic rings. The third-order valence-electron chi connectivity index (χ3n) is 5.32. The van der Waals surface area contributed by atoms with Gasteiger partial charge in [-0.05, 0) is 50.9 Å². The van der Waals surface area contributed by atoms with Crippen LogP contribution in [-0.4, -0.2) is 35.5 Å². The minimum atomic E-state index is -0.437. The molecule has 2 atom stereocenters. The summed E-state index contributed by atoms with van der Waals surface area (Å²) in [6.45, 7) is 7.27. The van der Waals surface area contributed by atoms with Crippen LogP contribution in [-0.2, 0) is 9.53 Å². The normalized spacial score (nSPS) is 31.9. The van der Waals surface area contributed by atoms with Gasteiger partial charge in [-0.25, -0.2) is 4.79 Å². The van der Waals surface area contributed by atoms with Crippen LogP contribution in [0.15, 0.2) is 0 Å². The molecule has 3 fully saturated rings. The van der Waals surface area contributed by atoms with Gasteiger partial charge in [0.15, 0.2) is 0 Å². The van der Waals surface area contributed by atoms with E-state index >= 15 is 0 Å². The molecule has 1 aliphatic heterocycles. The molecule has 2 aliphatic carbocycles. The van der Waals surface area contributed by atoms with Crippen LogP contribution in [0, 0.1) is 17.3 Å². The molecule has 1 heterocycles. The lowest BCUT2D eigenvalue weighted by molar-refractivity contribution is -0.154. The molecule has 0 radical (unpaired) electrons. The second-order valence-corrected chi connectivity index (χ2v) is 7.84. The van der Waals surface area contributed by atoms with Crippen molar-refractivity contribution in [3.05, 3.63) is 0 Å². The third kappa shape index (κ3) is 2.23. The van der Waals surface area contributed by atoms with E-state index in [0.717, 1.165) is 38.8 Å². The summed E-state index contributed by atoms with van der Waals surface area (Å²) in [5.74, 6) is 1.41. The Labute approximate surface area is 120 Å². The molecule has 0 aromatic carbocycles. The van der Waals surface area contributed by atoms with Gasteiger partial charge < -0.3 is 9.64 Å². The Kier molecular flexibility index (Phi) is 3.11. The van der Waals surface area contributed by atoms with E-state index < -0.39 is 5.60 Å². The Bertz CT molecular complexity index is 413. The van der Waals surface area contributed by atoms with E-state index in [-0.39, 0.29) is 11.5 Å². The number of hydrogen-bond donors (Lipinski definition) is 0. The van der Waals surface area contributed by atoms with Crippen LogP contribution in [0.2, 0.25) is 0 Å². The first-order valence-electron chi connectivity index (χ1n) is 7.80. The van der Waals surface area contributed by atoms with Crippen molar-refractivity contribution in [2.24, 2.45) is 17.3 Å². The maximum atomic E-state index is 12.3. The van der Waals surface area contributed by atoms with Gasteiger partial charge in [-0.2, -0.15) is 0 Å². The lowest BCUT2D eigenvalue weighted by Crippen LogP contribution is -2.62. The van der Waals surface area contributed by atoms with Crippen LogP contribution in [0.1, 0.15) is 52.9 Å². The minimum absolute atomic E-state index is 0.185. The number of amides is 1. The van der Waals surface area contributed by atoms with Crippen molar-refractivity contribution in [2.75, 3.05) is 13.1 Å². The topological polar surface area (TPSA) is 46.6 Å². The van der Waals surface area contributed by atoms with E-state index in [2.05, 4.69) is 0 Å². The molecule has 4 heteroatoms. The van der Waals surface area contributed by atoms with Crippen LogP contribution < -0.4 is 0 Å². The number of carbonyl (C=O) groups excluding carboxylic acids is 2. The highest BCUT2D eigenvalue weighted by atomic mass is 16.6. The highest BCUT2D eigenvalue weighted by Crippen LogP contribution is 2.58. The fourth-order valence-electron chi connectivity index (χ4n) is 4.41. The number of ether oxygens (including phenoxy) is 1. The number of carbonyl (C=O) groups is 2. The van der Waals surface area contributed by atoms with Crippen LogP contribution in [0.4, 0.5) is 4.79 Å². The summed E-state index contributed by atoms with van der Waals surface area (Å²) in [5.41, 5.74) is -0.207. The van der Waals surface area contributed by atoms with Gasteiger partial charge in [0.2, 0.25) is 0 Å². The average molecular weight is 279 g/mol. The lowest BCUT2D eigenvalue weighted by atomic mass is 9.48. The summed E-state index contributed by atoms with van der Waals surface area (Å²) < 4.78 is 5.50. The monoisotopic (exact) mass is 279 g/mol. The molecule has 1 spiro atoms.